The van der Waals surface area contributed by atoms with Crippen LogP contribution in [0.5, 0.6) is 0 Å². The van der Waals surface area contributed by atoms with Crippen molar-refractivity contribution in [2.75, 3.05) is 6.54 Å². The Hall–Kier alpha value is -2.12. The van der Waals surface area contributed by atoms with Crippen LogP contribution in [0.4, 0.5) is 4.79 Å². The molecule has 0 aliphatic heterocycles. The molecular formula is C12H21N5O3. The fourth-order valence-electron chi connectivity index (χ4n) is 1.67. The van der Waals surface area contributed by atoms with Crippen LogP contribution in [0.3, 0.4) is 0 Å². The van der Waals surface area contributed by atoms with Gasteiger partial charge in [-0.2, -0.15) is 0 Å². The van der Waals surface area contributed by atoms with Gasteiger partial charge in [0.25, 0.3) is 0 Å². The molecule has 0 aliphatic carbocycles. The zero-order valence-electron chi connectivity index (χ0n) is 12.3. The summed E-state index contributed by atoms with van der Waals surface area (Å²) in [7, 11) is 1.79. The number of nitrogens with one attached hydrogen (secondary N) is 1. The van der Waals surface area contributed by atoms with E-state index in [0.29, 0.717) is 5.82 Å². The van der Waals surface area contributed by atoms with Gasteiger partial charge in [-0.15, -0.1) is 10.2 Å². The van der Waals surface area contributed by atoms with E-state index in [-0.39, 0.29) is 25.5 Å². The minimum absolute atomic E-state index is 0.0886. The van der Waals surface area contributed by atoms with Gasteiger partial charge in [0.1, 0.15) is 6.33 Å². The summed E-state index contributed by atoms with van der Waals surface area (Å²) in [6, 6.07) is -0.318. The molecule has 20 heavy (non-hydrogen) atoms. The molecule has 0 atom stereocenters. The molecular weight excluding hydrogens is 262 g/mol. The fourth-order valence-corrected chi connectivity index (χ4v) is 1.67. The first-order chi connectivity index (χ1) is 9.21. The zero-order chi connectivity index (χ0) is 15.3. The molecule has 0 radical (unpaired) electrons. The van der Waals surface area contributed by atoms with Gasteiger partial charge in [0.05, 0.1) is 13.0 Å². The minimum atomic E-state index is -0.930. The molecule has 0 fully saturated rings. The number of rotatable bonds is 5. The predicted octanol–water partition coefficient (Wildman–Crippen LogP) is 0.600. The average Bonchev–Trinajstić information content (AvgIpc) is 2.70. The van der Waals surface area contributed by atoms with E-state index in [2.05, 4.69) is 15.5 Å². The Morgan fingerprint density at radius 3 is 2.55 bits per heavy atom. The van der Waals surface area contributed by atoms with Crippen molar-refractivity contribution in [3.8, 4) is 0 Å². The number of aliphatic carboxylic acids is 1. The highest BCUT2D eigenvalue weighted by atomic mass is 16.4. The van der Waals surface area contributed by atoms with Crippen LogP contribution in [0, 0.1) is 0 Å². The Balaban J connectivity index is 2.64. The molecule has 0 aromatic carbocycles. The maximum absolute atomic E-state index is 12.2. The normalized spacial score (nSPS) is 11.2. The fraction of sp³-hybridized carbons (Fsp3) is 0.667. The second-order valence-electron chi connectivity index (χ2n) is 5.48. The molecule has 0 bridgehead atoms. The predicted molar refractivity (Wildman–Crippen MR) is 72.0 cm³/mol. The molecule has 0 unspecified atom stereocenters. The van der Waals surface area contributed by atoms with Gasteiger partial charge >= 0.3 is 12.0 Å². The standard InChI is InChI=1S/C12H21N5O3/c1-12(2,3)17(6-5-10(18)19)11(20)13-7-9-15-14-8-16(9)4/h8H,5-7H2,1-4H3,(H,13,20)(H,18,19). The molecule has 112 valence electrons. The molecule has 1 heterocycles. The van der Waals surface area contributed by atoms with Crippen LogP contribution in [0.2, 0.25) is 0 Å². The summed E-state index contributed by atoms with van der Waals surface area (Å²) in [5, 5.41) is 19.1. The van der Waals surface area contributed by atoms with Crippen LogP contribution < -0.4 is 5.32 Å². The number of carboxylic acids is 1. The Morgan fingerprint density at radius 2 is 2.10 bits per heavy atom. The molecule has 0 saturated heterocycles. The van der Waals surface area contributed by atoms with Crippen molar-refractivity contribution in [2.45, 2.75) is 39.3 Å². The first-order valence-electron chi connectivity index (χ1n) is 6.32. The number of aromatic nitrogens is 3. The van der Waals surface area contributed by atoms with E-state index in [1.165, 1.54) is 4.90 Å². The summed E-state index contributed by atoms with van der Waals surface area (Å²) in [5.41, 5.74) is -0.459. The summed E-state index contributed by atoms with van der Waals surface area (Å²) < 4.78 is 1.71. The number of carboxylic acid groups (broad SMARTS) is 1. The van der Waals surface area contributed by atoms with Gasteiger partial charge in [-0.05, 0) is 20.8 Å². The van der Waals surface area contributed by atoms with Crippen molar-refractivity contribution in [3.63, 3.8) is 0 Å². The Morgan fingerprint density at radius 1 is 1.45 bits per heavy atom. The molecule has 0 saturated carbocycles. The lowest BCUT2D eigenvalue weighted by atomic mass is 10.1. The van der Waals surface area contributed by atoms with E-state index in [0.717, 1.165) is 0 Å². The summed E-state index contributed by atoms with van der Waals surface area (Å²) in [6.07, 6.45) is 1.46. The van der Waals surface area contributed by atoms with E-state index >= 15 is 0 Å². The minimum Gasteiger partial charge on any atom is -0.481 e. The van der Waals surface area contributed by atoms with Crippen LogP contribution in [0.25, 0.3) is 0 Å². The highest BCUT2D eigenvalue weighted by molar-refractivity contribution is 5.76. The lowest BCUT2D eigenvalue weighted by molar-refractivity contribution is -0.137. The first kappa shape index (κ1) is 15.9. The van der Waals surface area contributed by atoms with E-state index in [1.807, 2.05) is 20.8 Å². The van der Waals surface area contributed by atoms with Gasteiger partial charge in [-0.1, -0.05) is 0 Å². The highest BCUT2D eigenvalue weighted by Crippen LogP contribution is 2.14. The number of carbonyl (C=O) groups excluding carboxylic acids is 1. The van der Waals surface area contributed by atoms with Crippen LogP contribution >= 0.6 is 0 Å². The lowest BCUT2D eigenvalue weighted by Gasteiger charge is -2.35. The molecule has 8 nitrogen and oxygen atoms in total. The smallest absolute Gasteiger partial charge is 0.318 e. The zero-order valence-corrected chi connectivity index (χ0v) is 12.3. The third-order valence-corrected chi connectivity index (χ3v) is 2.81. The quantitative estimate of drug-likeness (QED) is 0.824. The van der Waals surface area contributed by atoms with Crippen molar-refractivity contribution >= 4 is 12.0 Å². The second kappa shape index (κ2) is 6.36. The van der Waals surface area contributed by atoms with Gasteiger partial charge in [0.15, 0.2) is 5.82 Å². The van der Waals surface area contributed by atoms with Crippen molar-refractivity contribution in [1.29, 1.82) is 0 Å². The van der Waals surface area contributed by atoms with Crippen molar-refractivity contribution in [3.05, 3.63) is 12.2 Å². The van der Waals surface area contributed by atoms with Crippen LogP contribution in [0.1, 0.15) is 33.0 Å². The molecule has 8 heteroatoms. The Labute approximate surface area is 117 Å². The second-order valence-corrected chi connectivity index (χ2v) is 5.48. The summed E-state index contributed by atoms with van der Waals surface area (Å²) in [4.78, 5) is 24.3. The van der Waals surface area contributed by atoms with Crippen molar-refractivity contribution in [1.82, 2.24) is 25.0 Å². The van der Waals surface area contributed by atoms with Gasteiger partial charge in [0, 0.05) is 19.1 Å². The maximum atomic E-state index is 12.2. The number of hydrogen-bond donors (Lipinski definition) is 2. The van der Waals surface area contributed by atoms with Crippen molar-refractivity contribution in [2.24, 2.45) is 7.05 Å². The van der Waals surface area contributed by atoms with Crippen LogP contribution in [-0.2, 0) is 18.4 Å². The molecule has 0 aliphatic rings. The van der Waals surface area contributed by atoms with E-state index < -0.39 is 11.5 Å². The number of hydrogen-bond acceptors (Lipinski definition) is 4. The van der Waals surface area contributed by atoms with Gasteiger partial charge in [0.2, 0.25) is 0 Å². The monoisotopic (exact) mass is 283 g/mol. The molecule has 1 rings (SSSR count). The topological polar surface area (TPSA) is 100 Å². The number of carbonyl (C=O) groups is 2. The third-order valence-electron chi connectivity index (χ3n) is 2.81. The van der Waals surface area contributed by atoms with E-state index in [4.69, 9.17) is 5.11 Å². The largest absolute Gasteiger partial charge is 0.481 e. The van der Waals surface area contributed by atoms with E-state index in [1.54, 1.807) is 17.9 Å². The molecule has 2 amide bonds. The highest BCUT2D eigenvalue weighted by Gasteiger charge is 2.26. The SMILES string of the molecule is Cn1cnnc1CNC(=O)N(CCC(=O)O)C(C)(C)C. The van der Waals surface area contributed by atoms with Crippen LogP contribution in [-0.4, -0.2) is 48.9 Å². The molecule has 0 spiro atoms. The van der Waals surface area contributed by atoms with Crippen molar-refractivity contribution < 1.29 is 14.7 Å². The third kappa shape index (κ3) is 4.52. The van der Waals surface area contributed by atoms with Gasteiger partial charge in [-0.3, -0.25) is 4.79 Å². The molecule has 1 aromatic rings. The first-order valence-corrected chi connectivity index (χ1v) is 6.32. The Bertz CT molecular complexity index is 478. The summed E-state index contributed by atoms with van der Waals surface area (Å²) >= 11 is 0. The number of nitrogens with zero attached hydrogens (tertiary/aromatic N) is 4. The van der Waals surface area contributed by atoms with Gasteiger partial charge < -0.3 is 19.9 Å². The lowest BCUT2D eigenvalue weighted by Crippen LogP contribution is -2.51. The average molecular weight is 283 g/mol. The number of amides is 2. The molecule has 2 N–H and O–H groups in total. The number of urea groups is 1. The summed E-state index contributed by atoms with van der Waals surface area (Å²) in [5.74, 6) is -0.300. The molecule has 1 aromatic heterocycles. The van der Waals surface area contributed by atoms with E-state index in [9.17, 15) is 9.59 Å². The van der Waals surface area contributed by atoms with Gasteiger partial charge in [-0.25, -0.2) is 4.79 Å². The Kier molecular flexibility index (Phi) is 5.06. The maximum Gasteiger partial charge on any atom is 0.318 e. The van der Waals surface area contributed by atoms with Crippen LogP contribution in [0.15, 0.2) is 6.33 Å². The number of aryl methyl sites for hydroxylation is 1. The summed E-state index contributed by atoms with van der Waals surface area (Å²) in [6.45, 7) is 5.97.